The highest BCUT2D eigenvalue weighted by molar-refractivity contribution is 6.05. The van der Waals surface area contributed by atoms with Crippen molar-refractivity contribution in [2.75, 3.05) is 5.32 Å². The number of amides is 1. The van der Waals surface area contributed by atoms with Crippen LogP contribution in [0.2, 0.25) is 0 Å². The van der Waals surface area contributed by atoms with Crippen LogP contribution < -0.4 is 5.32 Å². The van der Waals surface area contributed by atoms with Gasteiger partial charge < -0.3 is 10.4 Å². The Bertz CT molecular complexity index is 921. The zero-order valence-corrected chi connectivity index (χ0v) is 13.1. The second kappa shape index (κ2) is 6.97. The zero-order chi connectivity index (χ0) is 17.8. The lowest BCUT2D eigenvalue weighted by molar-refractivity contribution is 0.0696. The molecule has 1 amide bonds. The first-order valence-electron chi connectivity index (χ1n) is 7.53. The van der Waals surface area contributed by atoms with Gasteiger partial charge in [-0.2, -0.15) is 0 Å². The Kier molecular flexibility index (Phi) is 4.57. The highest BCUT2D eigenvalue weighted by Crippen LogP contribution is 2.26. The van der Waals surface area contributed by atoms with Gasteiger partial charge in [0.25, 0.3) is 5.91 Å². The molecule has 0 aliphatic carbocycles. The molecule has 25 heavy (non-hydrogen) atoms. The average molecular weight is 335 g/mol. The van der Waals surface area contributed by atoms with E-state index in [-0.39, 0.29) is 17.3 Å². The van der Waals surface area contributed by atoms with Gasteiger partial charge in [-0.05, 0) is 53.6 Å². The smallest absolute Gasteiger partial charge is 0.335 e. The van der Waals surface area contributed by atoms with Crippen LogP contribution in [-0.2, 0) is 0 Å². The van der Waals surface area contributed by atoms with E-state index in [9.17, 15) is 19.1 Å². The minimum atomic E-state index is -1.11. The van der Waals surface area contributed by atoms with Crippen molar-refractivity contribution in [3.05, 3.63) is 89.7 Å². The number of rotatable bonds is 4. The van der Waals surface area contributed by atoms with Crippen molar-refractivity contribution in [3.63, 3.8) is 0 Å². The van der Waals surface area contributed by atoms with E-state index < -0.39 is 5.97 Å². The van der Waals surface area contributed by atoms with Crippen molar-refractivity contribution >= 4 is 17.6 Å². The molecule has 124 valence electrons. The Labute approximate surface area is 143 Å². The Hall–Kier alpha value is -3.47. The summed E-state index contributed by atoms with van der Waals surface area (Å²) >= 11 is 0. The van der Waals surface area contributed by atoms with Crippen LogP contribution in [0, 0.1) is 5.82 Å². The number of carbonyl (C=O) groups excluding carboxylic acids is 1. The van der Waals surface area contributed by atoms with Crippen LogP contribution in [0.3, 0.4) is 0 Å². The minimum Gasteiger partial charge on any atom is -0.478 e. The molecule has 0 radical (unpaired) electrons. The minimum absolute atomic E-state index is 0.0326. The van der Waals surface area contributed by atoms with Gasteiger partial charge in [-0.15, -0.1) is 0 Å². The number of aromatic carboxylic acids is 1. The molecule has 0 aliphatic rings. The lowest BCUT2D eigenvalue weighted by atomic mass is 10.0. The number of carboxylic acid groups (broad SMARTS) is 1. The van der Waals surface area contributed by atoms with E-state index in [0.29, 0.717) is 22.4 Å². The Balaban J connectivity index is 1.97. The maximum atomic E-state index is 13.1. The summed E-state index contributed by atoms with van der Waals surface area (Å²) in [4.78, 5) is 23.7. The zero-order valence-electron chi connectivity index (χ0n) is 13.1. The number of benzene rings is 3. The normalized spacial score (nSPS) is 10.3. The summed E-state index contributed by atoms with van der Waals surface area (Å²) < 4.78 is 13.1. The fraction of sp³-hybridized carbons (Fsp3) is 0. The van der Waals surface area contributed by atoms with Gasteiger partial charge in [-0.25, -0.2) is 9.18 Å². The van der Waals surface area contributed by atoms with Crippen molar-refractivity contribution in [3.8, 4) is 11.1 Å². The van der Waals surface area contributed by atoms with Gasteiger partial charge in [0.1, 0.15) is 5.82 Å². The van der Waals surface area contributed by atoms with E-state index in [0.717, 1.165) is 0 Å². The maximum Gasteiger partial charge on any atom is 0.335 e. The number of nitrogens with one attached hydrogen (secondary N) is 1. The second-order valence-corrected chi connectivity index (χ2v) is 5.43. The molecule has 0 aromatic heterocycles. The summed E-state index contributed by atoms with van der Waals surface area (Å²) in [6.45, 7) is 0. The summed E-state index contributed by atoms with van der Waals surface area (Å²) in [6, 6.07) is 18.8. The van der Waals surface area contributed by atoms with E-state index >= 15 is 0 Å². The molecule has 2 N–H and O–H groups in total. The number of hydrogen-bond acceptors (Lipinski definition) is 2. The second-order valence-electron chi connectivity index (χ2n) is 5.43. The number of carbonyl (C=O) groups is 2. The van der Waals surface area contributed by atoms with Crippen molar-refractivity contribution in [2.24, 2.45) is 0 Å². The molecule has 0 heterocycles. The van der Waals surface area contributed by atoms with Gasteiger partial charge >= 0.3 is 5.97 Å². The summed E-state index contributed by atoms with van der Waals surface area (Å²) in [5, 5.41) is 12.0. The summed E-state index contributed by atoms with van der Waals surface area (Å²) in [5.74, 6) is -1.83. The van der Waals surface area contributed by atoms with E-state index in [1.54, 1.807) is 48.5 Å². The van der Waals surface area contributed by atoms with Gasteiger partial charge in [0.15, 0.2) is 0 Å². The van der Waals surface area contributed by atoms with Crippen LogP contribution >= 0.6 is 0 Å². The standard InChI is InChI=1S/C20H14FNO3/c21-17-8-6-13(7-9-17)15-10-16(20(24)25)12-18(11-15)22-19(23)14-4-2-1-3-5-14/h1-12H,(H,22,23)(H,24,25). The molecule has 0 spiro atoms. The van der Waals surface area contributed by atoms with Crippen LogP contribution in [0.15, 0.2) is 72.8 Å². The largest absolute Gasteiger partial charge is 0.478 e. The molecule has 3 aromatic rings. The summed E-state index contributed by atoms with van der Waals surface area (Å²) in [6.07, 6.45) is 0. The number of anilines is 1. The molecule has 0 aliphatic heterocycles. The fourth-order valence-corrected chi connectivity index (χ4v) is 2.43. The quantitative estimate of drug-likeness (QED) is 0.740. The lowest BCUT2D eigenvalue weighted by Gasteiger charge is -2.10. The number of carboxylic acids is 1. The average Bonchev–Trinajstić information content (AvgIpc) is 2.62. The molecule has 0 saturated heterocycles. The Morgan fingerprint density at radius 2 is 1.48 bits per heavy atom. The van der Waals surface area contributed by atoms with E-state index in [1.807, 2.05) is 0 Å². The molecular weight excluding hydrogens is 321 g/mol. The molecule has 0 atom stereocenters. The first-order chi connectivity index (χ1) is 12.0. The van der Waals surface area contributed by atoms with Crippen LogP contribution in [0.5, 0.6) is 0 Å². The Morgan fingerprint density at radius 3 is 2.12 bits per heavy atom. The van der Waals surface area contributed by atoms with Crippen LogP contribution in [0.4, 0.5) is 10.1 Å². The van der Waals surface area contributed by atoms with Crippen LogP contribution in [0.1, 0.15) is 20.7 Å². The molecule has 3 rings (SSSR count). The van der Waals surface area contributed by atoms with Crippen molar-refractivity contribution in [1.82, 2.24) is 0 Å². The predicted molar refractivity (Wildman–Crippen MR) is 93.2 cm³/mol. The Morgan fingerprint density at radius 1 is 0.800 bits per heavy atom. The van der Waals surface area contributed by atoms with Crippen LogP contribution in [0.25, 0.3) is 11.1 Å². The SMILES string of the molecule is O=C(O)c1cc(NC(=O)c2ccccc2)cc(-c2ccc(F)cc2)c1. The number of hydrogen-bond donors (Lipinski definition) is 2. The third-order valence-corrected chi connectivity index (χ3v) is 3.65. The van der Waals surface area contributed by atoms with Crippen molar-refractivity contribution in [1.29, 1.82) is 0 Å². The van der Waals surface area contributed by atoms with Crippen molar-refractivity contribution in [2.45, 2.75) is 0 Å². The van der Waals surface area contributed by atoms with Crippen molar-refractivity contribution < 1.29 is 19.1 Å². The van der Waals surface area contributed by atoms with Gasteiger partial charge in [0.2, 0.25) is 0 Å². The summed E-state index contributed by atoms with van der Waals surface area (Å²) in [5.41, 5.74) is 2.08. The van der Waals surface area contributed by atoms with Gasteiger partial charge in [0, 0.05) is 11.3 Å². The maximum absolute atomic E-state index is 13.1. The molecule has 0 fully saturated rings. The van der Waals surface area contributed by atoms with Gasteiger partial charge in [0.05, 0.1) is 5.56 Å². The molecule has 3 aromatic carbocycles. The molecule has 0 bridgehead atoms. The monoisotopic (exact) mass is 335 g/mol. The molecule has 0 saturated carbocycles. The number of halogens is 1. The highest BCUT2D eigenvalue weighted by atomic mass is 19.1. The van der Waals surface area contributed by atoms with Crippen LogP contribution in [-0.4, -0.2) is 17.0 Å². The first-order valence-corrected chi connectivity index (χ1v) is 7.53. The predicted octanol–water partition coefficient (Wildman–Crippen LogP) is 4.44. The van der Waals surface area contributed by atoms with Gasteiger partial charge in [-0.1, -0.05) is 30.3 Å². The van der Waals surface area contributed by atoms with Gasteiger partial charge in [-0.3, -0.25) is 4.79 Å². The lowest BCUT2D eigenvalue weighted by Crippen LogP contribution is -2.12. The fourth-order valence-electron chi connectivity index (χ4n) is 2.43. The summed E-state index contributed by atoms with van der Waals surface area (Å²) in [7, 11) is 0. The topological polar surface area (TPSA) is 66.4 Å². The van der Waals surface area contributed by atoms with E-state index in [4.69, 9.17) is 0 Å². The molecule has 4 nitrogen and oxygen atoms in total. The first kappa shape index (κ1) is 16.4. The molecule has 5 heteroatoms. The van der Waals surface area contributed by atoms with E-state index in [2.05, 4.69) is 5.32 Å². The highest BCUT2D eigenvalue weighted by Gasteiger charge is 2.11. The third kappa shape index (κ3) is 3.90. The third-order valence-electron chi connectivity index (χ3n) is 3.65. The molecular formula is C20H14FNO3. The molecule has 0 unspecified atom stereocenters. The van der Waals surface area contributed by atoms with E-state index in [1.165, 1.54) is 24.3 Å².